The van der Waals surface area contributed by atoms with Gasteiger partial charge in [-0.2, -0.15) is 15.5 Å². The van der Waals surface area contributed by atoms with Crippen LogP contribution in [0.25, 0.3) is 0 Å². The molecule has 29 heavy (non-hydrogen) atoms. The summed E-state index contributed by atoms with van der Waals surface area (Å²) >= 11 is 0. The van der Waals surface area contributed by atoms with Gasteiger partial charge in [0.2, 0.25) is 6.19 Å². The van der Waals surface area contributed by atoms with Crippen LogP contribution in [0.5, 0.6) is 5.75 Å². The fourth-order valence-electron chi connectivity index (χ4n) is 3.14. The Hall–Kier alpha value is -3.95. The molecular formula is C20H17N5O4. The molecule has 2 atom stereocenters. The lowest BCUT2D eigenvalue weighted by atomic mass is 9.85. The minimum absolute atomic E-state index is 0.0960. The number of hydrogen-bond donors (Lipinski definition) is 2. The monoisotopic (exact) mass is 391 g/mol. The summed E-state index contributed by atoms with van der Waals surface area (Å²) in [7, 11) is 0. The summed E-state index contributed by atoms with van der Waals surface area (Å²) in [6, 6.07) is 11.7. The molecule has 0 spiro atoms. The number of nitriles is 2. The van der Waals surface area contributed by atoms with Gasteiger partial charge in [-0.25, -0.2) is 0 Å². The molecule has 0 aliphatic carbocycles. The van der Waals surface area contributed by atoms with Gasteiger partial charge in [-0.05, 0) is 44.2 Å². The van der Waals surface area contributed by atoms with Crippen molar-refractivity contribution in [1.82, 2.24) is 5.32 Å². The molecule has 2 aromatic carbocycles. The Labute approximate surface area is 166 Å². The molecule has 0 saturated carbocycles. The van der Waals surface area contributed by atoms with Crippen LogP contribution in [0, 0.1) is 32.9 Å². The number of aliphatic hydroxyl groups excluding tert-OH is 1. The van der Waals surface area contributed by atoms with Gasteiger partial charge in [-0.3, -0.25) is 10.1 Å². The smallest absolute Gasteiger partial charge is 0.269 e. The number of ether oxygens (including phenoxy) is 1. The zero-order chi connectivity index (χ0) is 21.2. The second kappa shape index (κ2) is 7.58. The third-order valence-electron chi connectivity index (χ3n) is 4.68. The largest absolute Gasteiger partial charge is 0.485 e. The van der Waals surface area contributed by atoms with Crippen LogP contribution in [-0.4, -0.2) is 27.6 Å². The number of non-ortho nitro benzene ring substituents is 1. The Kier molecular flexibility index (Phi) is 5.18. The van der Waals surface area contributed by atoms with Crippen molar-refractivity contribution in [2.24, 2.45) is 4.99 Å². The molecule has 0 fully saturated rings. The van der Waals surface area contributed by atoms with E-state index in [4.69, 9.17) is 10.00 Å². The highest BCUT2D eigenvalue weighted by molar-refractivity contribution is 5.99. The highest BCUT2D eigenvalue weighted by Gasteiger charge is 2.43. The first-order chi connectivity index (χ1) is 13.8. The summed E-state index contributed by atoms with van der Waals surface area (Å²) in [6.07, 6.45) is 0.665. The fraction of sp³-hybridized carbons (Fsp3) is 0.250. The number of hydrogen-bond acceptors (Lipinski definition) is 7. The zero-order valence-corrected chi connectivity index (χ0v) is 15.7. The molecule has 1 heterocycles. The first-order valence-corrected chi connectivity index (χ1v) is 8.66. The summed E-state index contributed by atoms with van der Waals surface area (Å²) in [4.78, 5) is 14.1. The van der Waals surface area contributed by atoms with Crippen molar-refractivity contribution in [3.63, 3.8) is 0 Å². The second-order valence-corrected chi connectivity index (χ2v) is 7.00. The van der Waals surface area contributed by atoms with Crippen molar-refractivity contribution in [2.75, 3.05) is 0 Å². The van der Waals surface area contributed by atoms with Gasteiger partial charge in [-0.15, -0.1) is 0 Å². The molecule has 2 aromatic rings. The van der Waals surface area contributed by atoms with E-state index in [9.17, 15) is 20.5 Å². The number of rotatable bonds is 3. The number of benzene rings is 2. The molecule has 0 unspecified atom stereocenters. The van der Waals surface area contributed by atoms with Crippen molar-refractivity contribution in [3.8, 4) is 18.0 Å². The van der Waals surface area contributed by atoms with E-state index in [0.717, 1.165) is 0 Å². The van der Waals surface area contributed by atoms with Gasteiger partial charge >= 0.3 is 0 Å². The minimum Gasteiger partial charge on any atom is -0.485 e. The quantitative estimate of drug-likeness (QED) is 0.269. The molecule has 1 aliphatic heterocycles. The Morgan fingerprint density at radius 3 is 2.55 bits per heavy atom. The third kappa shape index (κ3) is 3.86. The van der Waals surface area contributed by atoms with Crippen molar-refractivity contribution in [1.29, 1.82) is 10.5 Å². The molecule has 0 amide bonds. The van der Waals surface area contributed by atoms with Gasteiger partial charge < -0.3 is 15.2 Å². The van der Waals surface area contributed by atoms with E-state index in [1.165, 1.54) is 24.3 Å². The fourth-order valence-corrected chi connectivity index (χ4v) is 3.14. The van der Waals surface area contributed by atoms with Crippen molar-refractivity contribution >= 4 is 11.5 Å². The van der Waals surface area contributed by atoms with Gasteiger partial charge in [0.15, 0.2) is 0 Å². The first kappa shape index (κ1) is 19.8. The number of nitro groups is 1. The topological polar surface area (TPSA) is 145 Å². The predicted molar refractivity (Wildman–Crippen MR) is 103 cm³/mol. The Morgan fingerprint density at radius 2 is 1.97 bits per heavy atom. The number of fused-ring (bicyclic) bond motifs is 1. The van der Waals surface area contributed by atoms with Crippen LogP contribution in [0.1, 0.15) is 36.6 Å². The van der Waals surface area contributed by atoms with Gasteiger partial charge in [0.1, 0.15) is 23.3 Å². The van der Waals surface area contributed by atoms with E-state index in [2.05, 4.69) is 10.3 Å². The van der Waals surface area contributed by atoms with Crippen LogP contribution in [0.15, 0.2) is 47.5 Å². The molecule has 3 rings (SSSR count). The maximum Gasteiger partial charge on any atom is 0.269 e. The molecule has 2 N–H and O–H groups in total. The van der Waals surface area contributed by atoms with E-state index in [1.807, 2.05) is 6.07 Å². The van der Waals surface area contributed by atoms with E-state index in [0.29, 0.717) is 22.4 Å². The van der Waals surface area contributed by atoms with Gasteiger partial charge in [0, 0.05) is 23.3 Å². The molecule has 0 saturated heterocycles. The van der Waals surface area contributed by atoms with Gasteiger partial charge in [-0.1, -0.05) is 0 Å². The lowest BCUT2D eigenvalue weighted by Gasteiger charge is -2.42. The highest BCUT2D eigenvalue weighted by Crippen LogP contribution is 2.40. The maximum absolute atomic E-state index is 10.9. The number of nitro benzene ring substituents is 1. The third-order valence-corrected chi connectivity index (χ3v) is 4.68. The zero-order valence-electron chi connectivity index (χ0n) is 15.7. The lowest BCUT2D eigenvalue weighted by molar-refractivity contribution is -0.384. The summed E-state index contributed by atoms with van der Waals surface area (Å²) < 4.78 is 5.87. The van der Waals surface area contributed by atoms with Gasteiger partial charge in [0.25, 0.3) is 5.69 Å². The standard InChI is InChI=1S/C20H17N5O4/c1-20(2)18(26)17(15-9-12(10-21)3-8-16(15)29-20)24-19(23-11-22)13-4-6-14(7-5-13)25(27)28/h3-9,17-18,26H,1-2H3,(H,23,24)/t17-,18+/m0/s1. The van der Waals surface area contributed by atoms with Crippen LogP contribution < -0.4 is 10.1 Å². The average Bonchev–Trinajstić information content (AvgIpc) is 2.70. The molecule has 9 nitrogen and oxygen atoms in total. The summed E-state index contributed by atoms with van der Waals surface area (Å²) in [5.41, 5.74) is 0.322. The lowest BCUT2D eigenvalue weighted by Crippen LogP contribution is -2.53. The van der Waals surface area contributed by atoms with E-state index < -0.39 is 22.7 Å². The van der Waals surface area contributed by atoms with Gasteiger partial charge in [0.05, 0.1) is 22.6 Å². The normalized spacial score (nSPS) is 19.8. The highest BCUT2D eigenvalue weighted by atomic mass is 16.6. The Balaban J connectivity index is 2.03. The van der Waals surface area contributed by atoms with Crippen LogP contribution in [0.2, 0.25) is 0 Å². The molecule has 0 radical (unpaired) electrons. The van der Waals surface area contributed by atoms with E-state index in [-0.39, 0.29) is 11.5 Å². The summed E-state index contributed by atoms with van der Waals surface area (Å²) in [6.45, 7) is 3.45. The average molecular weight is 391 g/mol. The molecular weight excluding hydrogens is 374 g/mol. The predicted octanol–water partition coefficient (Wildman–Crippen LogP) is 2.56. The van der Waals surface area contributed by atoms with E-state index >= 15 is 0 Å². The second-order valence-electron chi connectivity index (χ2n) is 7.00. The van der Waals surface area contributed by atoms with Crippen LogP contribution in [0.4, 0.5) is 5.69 Å². The van der Waals surface area contributed by atoms with Crippen LogP contribution in [-0.2, 0) is 0 Å². The molecule has 9 heteroatoms. The molecule has 1 aliphatic rings. The number of aliphatic hydroxyl groups is 1. The maximum atomic E-state index is 10.9. The Bertz CT molecular complexity index is 1060. The summed E-state index contributed by atoms with van der Waals surface area (Å²) in [5.74, 6) is 0.634. The Morgan fingerprint density at radius 1 is 1.28 bits per heavy atom. The molecule has 146 valence electrons. The first-order valence-electron chi connectivity index (χ1n) is 8.66. The van der Waals surface area contributed by atoms with E-state index in [1.54, 1.807) is 38.2 Å². The number of nitrogens with one attached hydrogen (secondary N) is 1. The van der Waals surface area contributed by atoms with Crippen LogP contribution >= 0.6 is 0 Å². The number of amidine groups is 1. The molecule has 0 bridgehead atoms. The van der Waals surface area contributed by atoms with Crippen molar-refractivity contribution in [2.45, 2.75) is 31.6 Å². The SMILES string of the molecule is CC1(C)Oc2ccc(C#N)cc2[C@H](NC(=NC#N)c2ccc([N+](=O)[O-])cc2)[C@H]1O. The number of nitrogens with zero attached hydrogens (tertiary/aromatic N) is 4. The van der Waals surface area contributed by atoms with Crippen molar-refractivity contribution in [3.05, 3.63) is 69.3 Å². The number of aliphatic imine (C=N–C) groups is 1. The summed E-state index contributed by atoms with van der Waals surface area (Å²) in [5, 5.41) is 43.1. The molecule has 0 aromatic heterocycles. The van der Waals surface area contributed by atoms with Crippen molar-refractivity contribution < 1.29 is 14.8 Å². The minimum atomic E-state index is -1.04. The van der Waals surface area contributed by atoms with Crippen LogP contribution in [0.3, 0.4) is 0 Å².